The number of nitrogens with zero attached hydrogens (tertiary/aromatic N) is 3. The molecule has 0 bridgehead atoms. The van der Waals surface area contributed by atoms with Crippen LogP contribution < -0.4 is 10.2 Å². The van der Waals surface area contributed by atoms with Gasteiger partial charge in [-0.05, 0) is 6.07 Å². The van der Waals surface area contributed by atoms with Crippen LogP contribution in [0.4, 0.5) is 16.2 Å². The molecule has 0 saturated heterocycles. The SMILES string of the molecule is CNc1ncc(Cl)c(N(C)Cc2ccccc2F)n1. The van der Waals surface area contributed by atoms with Crippen LogP contribution >= 0.6 is 11.6 Å². The zero-order valence-electron chi connectivity index (χ0n) is 10.7. The van der Waals surface area contributed by atoms with E-state index in [0.717, 1.165) is 0 Å². The third-order valence-corrected chi connectivity index (χ3v) is 2.94. The molecule has 0 fully saturated rings. The Hall–Kier alpha value is -1.88. The Bertz CT molecular complexity index is 576. The molecular weight excluding hydrogens is 267 g/mol. The first-order chi connectivity index (χ1) is 9.11. The zero-order valence-corrected chi connectivity index (χ0v) is 11.4. The summed E-state index contributed by atoms with van der Waals surface area (Å²) in [6.07, 6.45) is 1.52. The number of halogens is 2. The molecule has 0 aliphatic heterocycles. The second-order valence-corrected chi connectivity index (χ2v) is 4.47. The highest BCUT2D eigenvalue weighted by Crippen LogP contribution is 2.24. The second kappa shape index (κ2) is 5.84. The number of nitrogens with one attached hydrogen (secondary N) is 1. The summed E-state index contributed by atoms with van der Waals surface area (Å²) in [7, 11) is 3.53. The largest absolute Gasteiger partial charge is 0.357 e. The fourth-order valence-corrected chi connectivity index (χ4v) is 1.94. The molecule has 1 heterocycles. The van der Waals surface area contributed by atoms with Gasteiger partial charge in [-0.25, -0.2) is 9.37 Å². The normalized spacial score (nSPS) is 10.3. The van der Waals surface area contributed by atoms with Crippen molar-refractivity contribution in [3.05, 3.63) is 46.9 Å². The molecule has 0 unspecified atom stereocenters. The number of hydrogen-bond donors (Lipinski definition) is 1. The fourth-order valence-electron chi connectivity index (χ4n) is 1.70. The molecule has 1 aromatic carbocycles. The van der Waals surface area contributed by atoms with Crippen molar-refractivity contribution in [1.82, 2.24) is 9.97 Å². The summed E-state index contributed by atoms with van der Waals surface area (Å²) in [5.74, 6) is 0.789. The van der Waals surface area contributed by atoms with Gasteiger partial charge in [0.05, 0.1) is 6.20 Å². The molecule has 4 nitrogen and oxygen atoms in total. The summed E-state index contributed by atoms with van der Waals surface area (Å²) in [5.41, 5.74) is 0.589. The first kappa shape index (κ1) is 13.5. The molecular formula is C13H14ClFN4. The second-order valence-electron chi connectivity index (χ2n) is 4.06. The van der Waals surface area contributed by atoms with Crippen LogP contribution in [0.25, 0.3) is 0 Å². The van der Waals surface area contributed by atoms with Crippen molar-refractivity contribution in [1.29, 1.82) is 0 Å². The van der Waals surface area contributed by atoms with E-state index in [4.69, 9.17) is 11.6 Å². The molecule has 0 aliphatic rings. The molecule has 2 aromatic rings. The van der Waals surface area contributed by atoms with Crippen molar-refractivity contribution in [3.63, 3.8) is 0 Å². The quantitative estimate of drug-likeness (QED) is 0.935. The number of benzene rings is 1. The number of aromatic nitrogens is 2. The van der Waals surface area contributed by atoms with Gasteiger partial charge in [0.25, 0.3) is 0 Å². The molecule has 0 spiro atoms. The first-order valence-electron chi connectivity index (χ1n) is 5.76. The van der Waals surface area contributed by atoms with E-state index in [0.29, 0.717) is 28.9 Å². The Morgan fingerprint density at radius 1 is 1.37 bits per heavy atom. The molecule has 1 aromatic heterocycles. The van der Waals surface area contributed by atoms with E-state index in [1.54, 1.807) is 37.2 Å². The lowest BCUT2D eigenvalue weighted by atomic mass is 10.2. The van der Waals surface area contributed by atoms with E-state index in [1.165, 1.54) is 12.3 Å². The van der Waals surface area contributed by atoms with Gasteiger partial charge in [-0.2, -0.15) is 4.98 Å². The molecule has 0 atom stereocenters. The van der Waals surface area contributed by atoms with Crippen LogP contribution in [0, 0.1) is 5.82 Å². The molecule has 6 heteroatoms. The molecule has 0 saturated carbocycles. The van der Waals surface area contributed by atoms with E-state index in [-0.39, 0.29) is 5.82 Å². The average molecular weight is 281 g/mol. The van der Waals surface area contributed by atoms with E-state index < -0.39 is 0 Å². The van der Waals surface area contributed by atoms with E-state index in [1.807, 2.05) is 0 Å². The number of anilines is 2. The molecule has 2 rings (SSSR count). The summed E-state index contributed by atoms with van der Waals surface area (Å²) < 4.78 is 13.6. The van der Waals surface area contributed by atoms with Crippen LogP contribution in [0.15, 0.2) is 30.5 Å². The highest BCUT2D eigenvalue weighted by molar-refractivity contribution is 6.32. The van der Waals surface area contributed by atoms with Crippen LogP contribution in [0.3, 0.4) is 0 Å². The monoisotopic (exact) mass is 280 g/mol. The Labute approximate surface area is 116 Å². The molecule has 0 amide bonds. The average Bonchev–Trinajstić information content (AvgIpc) is 2.42. The smallest absolute Gasteiger partial charge is 0.224 e. The Kier molecular flexibility index (Phi) is 4.16. The van der Waals surface area contributed by atoms with Gasteiger partial charge in [0.1, 0.15) is 10.8 Å². The summed E-state index contributed by atoms with van der Waals surface area (Å²) in [5, 5.41) is 3.27. The lowest BCUT2D eigenvalue weighted by Crippen LogP contribution is -2.19. The van der Waals surface area contributed by atoms with Crippen LogP contribution in [-0.2, 0) is 6.54 Å². The van der Waals surface area contributed by atoms with Crippen molar-refractivity contribution in [2.24, 2.45) is 0 Å². The van der Waals surface area contributed by atoms with Gasteiger partial charge < -0.3 is 10.2 Å². The van der Waals surface area contributed by atoms with Crippen molar-refractivity contribution in [2.75, 3.05) is 24.3 Å². The third kappa shape index (κ3) is 3.12. The van der Waals surface area contributed by atoms with Gasteiger partial charge in [-0.15, -0.1) is 0 Å². The minimum Gasteiger partial charge on any atom is -0.357 e. The summed E-state index contributed by atoms with van der Waals surface area (Å²) in [4.78, 5) is 10.1. The van der Waals surface area contributed by atoms with Crippen molar-refractivity contribution >= 4 is 23.4 Å². The Morgan fingerprint density at radius 2 is 2.11 bits per heavy atom. The lowest BCUT2D eigenvalue weighted by Gasteiger charge is -2.20. The van der Waals surface area contributed by atoms with E-state index in [9.17, 15) is 4.39 Å². The minimum atomic E-state index is -0.242. The van der Waals surface area contributed by atoms with Gasteiger partial charge in [-0.3, -0.25) is 0 Å². The van der Waals surface area contributed by atoms with E-state index >= 15 is 0 Å². The minimum absolute atomic E-state index is 0.242. The highest BCUT2D eigenvalue weighted by Gasteiger charge is 2.12. The Morgan fingerprint density at radius 3 is 2.79 bits per heavy atom. The van der Waals surface area contributed by atoms with Gasteiger partial charge >= 0.3 is 0 Å². The third-order valence-electron chi connectivity index (χ3n) is 2.68. The first-order valence-corrected chi connectivity index (χ1v) is 6.14. The van der Waals surface area contributed by atoms with E-state index in [2.05, 4.69) is 15.3 Å². The predicted molar refractivity (Wildman–Crippen MR) is 75.1 cm³/mol. The molecule has 0 radical (unpaired) electrons. The fraction of sp³-hybridized carbons (Fsp3) is 0.231. The van der Waals surface area contributed by atoms with Crippen LogP contribution in [0.2, 0.25) is 5.02 Å². The molecule has 100 valence electrons. The topological polar surface area (TPSA) is 41.1 Å². The molecule has 0 aliphatic carbocycles. The van der Waals surface area contributed by atoms with Crippen LogP contribution in [0.1, 0.15) is 5.56 Å². The lowest BCUT2D eigenvalue weighted by molar-refractivity contribution is 0.607. The van der Waals surface area contributed by atoms with Crippen molar-refractivity contribution < 1.29 is 4.39 Å². The standard InChI is InChI=1S/C13H14ClFN4/c1-16-13-17-7-10(14)12(18-13)19(2)8-9-5-3-4-6-11(9)15/h3-7H,8H2,1-2H3,(H,16,17,18). The maximum absolute atomic E-state index is 13.6. The highest BCUT2D eigenvalue weighted by atomic mass is 35.5. The maximum atomic E-state index is 13.6. The van der Waals surface area contributed by atoms with Gasteiger partial charge in [0.15, 0.2) is 5.82 Å². The summed E-state index contributed by atoms with van der Waals surface area (Å²) in [6.45, 7) is 0.382. The maximum Gasteiger partial charge on any atom is 0.224 e. The van der Waals surface area contributed by atoms with Crippen molar-refractivity contribution in [2.45, 2.75) is 6.54 Å². The van der Waals surface area contributed by atoms with Gasteiger partial charge in [0, 0.05) is 26.2 Å². The van der Waals surface area contributed by atoms with Gasteiger partial charge in [0.2, 0.25) is 5.95 Å². The Balaban J connectivity index is 2.25. The van der Waals surface area contributed by atoms with Crippen LogP contribution in [0.5, 0.6) is 0 Å². The van der Waals surface area contributed by atoms with Gasteiger partial charge in [-0.1, -0.05) is 29.8 Å². The summed E-state index contributed by atoms with van der Waals surface area (Å²) in [6, 6.07) is 6.63. The predicted octanol–water partition coefficient (Wildman–Crippen LogP) is 2.95. The number of rotatable bonds is 4. The molecule has 19 heavy (non-hydrogen) atoms. The molecule has 1 N–H and O–H groups in total. The van der Waals surface area contributed by atoms with Crippen LogP contribution in [-0.4, -0.2) is 24.1 Å². The summed E-state index contributed by atoms with van der Waals surface area (Å²) >= 11 is 6.07. The zero-order chi connectivity index (χ0) is 13.8. The van der Waals surface area contributed by atoms with Crippen molar-refractivity contribution in [3.8, 4) is 0 Å². The number of hydrogen-bond acceptors (Lipinski definition) is 4.